The molecule has 0 spiro atoms. The lowest BCUT2D eigenvalue weighted by molar-refractivity contribution is 0.0276. The van der Waals surface area contributed by atoms with Crippen molar-refractivity contribution in [3.8, 4) is 5.75 Å². The average molecular weight is 599 g/mol. The Morgan fingerprint density at radius 2 is 1.82 bits per heavy atom. The first kappa shape index (κ1) is 27.9. The van der Waals surface area contributed by atoms with E-state index < -0.39 is 26.3 Å². The predicted octanol–water partition coefficient (Wildman–Crippen LogP) is 6.69. The van der Waals surface area contributed by atoms with E-state index in [-0.39, 0.29) is 23.4 Å². The fourth-order valence-corrected chi connectivity index (χ4v) is 7.18. The second-order valence-electron chi connectivity index (χ2n) is 11.2. The molecule has 0 bridgehead atoms. The van der Waals surface area contributed by atoms with Gasteiger partial charge in [0.25, 0.3) is 10.0 Å². The van der Waals surface area contributed by atoms with Gasteiger partial charge in [0.2, 0.25) is 0 Å². The smallest absolute Gasteiger partial charge is 0.410 e. The van der Waals surface area contributed by atoms with Gasteiger partial charge in [0.05, 0.1) is 27.9 Å². The van der Waals surface area contributed by atoms with Gasteiger partial charge in [-0.15, -0.1) is 0 Å². The van der Waals surface area contributed by atoms with Gasteiger partial charge in [-0.2, -0.15) is 0 Å². The molecule has 8 nitrogen and oxygen atoms in total. The number of H-pyrrole nitrogens is 1. The zero-order chi connectivity index (χ0) is 28.1. The van der Waals surface area contributed by atoms with Crippen LogP contribution in [-0.4, -0.2) is 49.7 Å². The fraction of sp³-hybridized carbons (Fsp3) is 0.444. The van der Waals surface area contributed by atoms with Gasteiger partial charge in [0.15, 0.2) is 0 Å². The van der Waals surface area contributed by atoms with E-state index in [0.717, 1.165) is 18.9 Å². The SMILES string of the molecule is CC(C)(C)OC(=O)N1C[C@H]2CC(COc3ccc(S(=O)(=O)Nc4ccc(Cl)c5c(Cl)c[nH]c45)c(F)c3)C[C@H]2C1. The third-order valence-electron chi connectivity index (χ3n) is 7.16. The molecule has 1 amide bonds. The Balaban J connectivity index is 1.19. The summed E-state index contributed by atoms with van der Waals surface area (Å²) in [6, 6.07) is 6.71. The van der Waals surface area contributed by atoms with Crippen molar-refractivity contribution in [1.82, 2.24) is 9.88 Å². The van der Waals surface area contributed by atoms with E-state index in [9.17, 15) is 17.6 Å². The molecule has 2 aliphatic rings. The maximum Gasteiger partial charge on any atom is 0.410 e. The minimum absolute atomic E-state index is 0.193. The van der Waals surface area contributed by atoms with Crippen molar-refractivity contribution in [2.24, 2.45) is 17.8 Å². The first-order chi connectivity index (χ1) is 18.3. The number of aromatic amines is 1. The third kappa shape index (κ3) is 5.93. The maximum atomic E-state index is 15.0. The molecule has 3 atom stereocenters. The summed E-state index contributed by atoms with van der Waals surface area (Å²) in [5.74, 6) is 0.370. The minimum atomic E-state index is -4.25. The van der Waals surface area contributed by atoms with Crippen molar-refractivity contribution in [3.05, 3.63) is 52.4 Å². The number of hydrogen-bond acceptors (Lipinski definition) is 5. The van der Waals surface area contributed by atoms with Crippen LogP contribution in [0, 0.1) is 23.6 Å². The lowest BCUT2D eigenvalue weighted by Gasteiger charge is -2.25. The van der Waals surface area contributed by atoms with Gasteiger partial charge in [-0.25, -0.2) is 17.6 Å². The molecular formula is C27H30Cl2FN3O5S. The topological polar surface area (TPSA) is 101 Å². The van der Waals surface area contributed by atoms with Crippen LogP contribution in [0.15, 0.2) is 41.4 Å². The maximum absolute atomic E-state index is 15.0. The van der Waals surface area contributed by atoms with Gasteiger partial charge in [-0.1, -0.05) is 23.2 Å². The van der Waals surface area contributed by atoms with E-state index in [0.29, 0.717) is 52.5 Å². The number of nitrogens with one attached hydrogen (secondary N) is 2. The van der Waals surface area contributed by atoms with Gasteiger partial charge < -0.3 is 19.4 Å². The number of amides is 1. The number of aromatic nitrogens is 1. The van der Waals surface area contributed by atoms with Gasteiger partial charge >= 0.3 is 6.09 Å². The summed E-state index contributed by atoms with van der Waals surface area (Å²) in [5.41, 5.74) is 0.0644. The molecule has 210 valence electrons. The summed E-state index contributed by atoms with van der Waals surface area (Å²) >= 11 is 12.3. The molecule has 1 unspecified atom stereocenters. The number of ether oxygens (including phenoxy) is 2. The number of sulfonamides is 1. The van der Waals surface area contributed by atoms with Crippen molar-refractivity contribution < 1.29 is 27.1 Å². The zero-order valence-corrected chi connectivity index (χ0v) is 24.1. The molecule has 39 heavy (non-hydrogen) atoms. The molecule has 1 aliphatic carbocycles. The molecule has 1 aromatic heterocycles. The number of anilines is 1. The minimum Gasteiger partial charge on any atom is -0.493 e. The number of benzene rings is 2. The largest absolute Gasteiger partial charge is 0.493 e. The van der Waals surface area contributed by atoms with Crippen LogP contribution in [0.25, 0.3) is 10.9 Å². The highest BCUT2D eigenvalue weighted by molar-refractivity contribution is 7.92. The number of carbonyl (C=O) groups is 1. The Morgan fingerprint density at radius 3 is 2.46 bits per heavy atom. The molecule has 2 heterocycles. The number of rotatable bonds is 6. The molecule has 2 aromatic carbocycles. The van der Waals surface area contributed by atoms with Crippen LogP contribution in [0.4, 0.5) is 14.9 Å². The number of hydrogen-bond donors (Lipinski definition) is 2. The number of likely N-dealkylation sites (tertiary alicyclic amines) is 1. The van der Waals surface area contributed by atoms with E-state index >= 15 is 0 Å². The van der Waals surface area contributed by atoms with Gasteiger partial charge in [-0.05, 0) is 75.6 Å². The first-order valence-corrected chi connectivity index (χ1v) is 14.9. The van der Waals surface area contributed by atoms with Crippen LogP contribution in [0.5, 0.6) is 5.75 Å². The molecule has 2 N–H and O–H groups in total. The third-order valence-corrected chi connectivity index (χ3v) is 9.17. The Bertz CT molecular complexity index is 1510. The highest BCUT2D eigenvalue weighted by Crippen LogP contribution is 2.42. The number of nitrogens with zero attached hydrogens (tertiary/aromatic N) is 1. The fourth-order valence-electron chi connectivity index (χ4n) is 5.49. The Morgan fingerprint density at radius 1 is 1.13 bits per heavy atom. The van der Waals surface area contributed by atoms with Gasteiger partial charge in [-0.3, -0.25) is 4.72 Å². The lowest BCUT2D eigenvalue weighted by Crippen LogP contribution is -2.36. The van der Waals surface area contributed by atoms with Crippen molar-refractivity contribution >= 4 is 55.9 Å². The lowest BCUT2D eigenvalue weighted by atomic mass is 10.0. The summed E-state index contributed by atoms with van der Waals surface area (Å²) in [6.07, 6.45) is 3.03. The summed E-state index contributed by atoms with van der Waals surface area (Å²) in [7, 11) is -4.25. The molecule has 12 heteroatoms. The van der Waals surface area contributed by atoms with Crippen molar-refractivity contribution in [2.75, 3.05) is 24.4 Å². The van der Waals surface area contributed by atoms with Crippen molar-refractivity contribution in [3.63, 3.8) is 0 Å². The van der Waals surface area contributed by atoms with Crippen molar-refractivity contribution in [1.29, 1.82) is 0 Å². The monoisotopic (exact) mass is 597 g/mol. The van der Waals surface area contributed by atoms with Crippen LogP contribution < -0.4 is 9.46 Å². The second kappa shape index (κ2) is 10.4. The Hall–Kier alpha value is -2.69. The number of carbonyl (C=O) groups excluding carboxylic acids is 1. The first-order valence-electron chi connectivity index (χ1n) is 12.7. The molecule has 1 saturated carbocycles. The molecule has 2 fully saturated rings. The molecule has 1 aliphatic heterocycles. The Kier molecular flexibility index (Phi) is 7.41. The molecule has 5 rings (SSSR count). The summed E-state index contributed by atoms with van der Waals surface area (Å²) in [6.45, 7) is 7.28. The Labute approximate surface area is 236 Å². The quantitative estimate of drug-likeness (QED) is 0.330. The van der Waals surface area contributed by atoms with Crippen LogP contribution in [0.1, 0.15) is 33.6 Å². The van der Waals surface area contributed by atoms with Crippen molar-refractivity contribution in [2.45, 2.75) is 44.1 Å². The van der Waals surface area contributed by atoms with E-state index in [4.69, 9.17) is 32.7 Å². The number of halogens is 3. The summed E-state index contributed by atoms with van der Waals surface area (Å²) < 4.78 is 54.7. The molecule has 0 radical (unpaired) electrons. The van der Waals surface area contributed by atoms with Crippen LogP contribution in [-0.2, 0) is 14.8 Å². The second-order valence-corrected chi connectivity index (χ2v) is 13.7. The van der Waals surface area contributed by atoms with E-state index in [1.807, 2.05) is 20.8 Å². The standard InChI is InChI=1S/C27H30Cl2FN3O5S/c1-27(2,3)38-26(34)33-12-16-8-15(9-17(16)13-33)14-37-18-4-7-23(21(30)10-18)39(35,36)32-22-6-5-19(28)24-20(29)11-31-25(22)24/h4-7,10-11,15-17,31-32H,8-9,12-14H2,1-3H3/t15?,16-,17+. The van der Waals surface area contributed by atoms with Crippen LogP contribution >= 0.6 is 23.2 Å². The van der Waals surface area contributed by atoms with E-state index in [1.165, 1.54) is 30.5 Å². The van der Waals surface area contributed by atoms with Crippen LogP contribution in [0.2, 0.25) is 10.0 Å². The number of fused-ring (bicyclic) bond motifs is 2. The summed E-state index contributed by atoms with van der Waals surface area (Å²) in [4.78, 5) is 16.5. The van der Waals surface area contributed by atoms with Crippen LogP contribution in [0.3, 0.4) is 0 Å². The summed E-state index contributed by atoms with van der Waals surface area (Å²) in [5, 5.41) is 1.17. The predicted molar refractivity (Wildman–Crippen MR) is 149 cm³/mol. The normalized spacial score (nSPS) is 21.3. The zero-order valence-electron chi connectivity index (χ0n) is 21.8. The highest BCUT2D eigenvalue weighted by Gasteiger charge is 2.43. The van der Waals surface area contributed by atoms with E-state index in [1.54, 1.807) is 4.90 Å². The molecule has 1 saturated heterocycles. The highest BCUT2D eigenvalue weighted by atomic mass is 35.5. The molecule has 3 aromatic rings. The van der Waals surface area contributed by atoms with Gasteiger partial charge in [0, 0.05) is 30.7 Å². The average Bonchev–Trinajstić information content (AvgIpc) is 3.52. The molecular weight excluding hydrogens is 568 g/mol. The van der Waals surface area contributed by atoms with E-state index in [2.05, 4.69) is 9.71 Å². The van der Waals surface area contributed by atoms with Gasteiger partial charge in [0.1, 0.15) is 22.1 Å².